The number of ether oxygens (including phenoxy) is 1. The summed E-state index contributed by atoms with van der Waals surface area (Å²) < 4.78 is 5.49. The van der Waals surface area contributed by atoms with E-state index in [1.807, 2.05) is 44.2 Å². The molecule has 17 heavy (non-hydrogen) atoms. The molecule has 1 N–H and O–H groups in total. The third kappa shape index (κ3) is 2.86. The van der Waals surface area contributed by atoms with E-state index < -0.39 is 0 Å². The van der Waals surface area contributed by atoms with Crippen LogP contribution in [-0.4, -0.2) is 19.1 Å². The average Bonchev–Trinajstić information content (AvgIpc) is 2.27. The lowest BCUT2D eigenvalue weighted by Gasteiger charge is -2.31. The molecule has 3 heteroatoms. The van der Waals surface area contributed by atoms with E-state index in [1.165, 1.54) is 0 Å². The molecule has 1 heterocycles. The molecule has 0 spiro atoms. The zero-order valence-electron chi connectivity index (χ0n) is 10.3. The van der Waals surface area contributed by atoms with Crippen LogP contribution < -0.4 is 5.32 Å². The second-order valence-electron chi connectivity index (χ2n) is 4.70. The summed E-state index contributed by atoms with van der Waals surface area (Å²) in [5, 5.41) is 3.17. The van der Waals surface area contributed by atoms with Gasteiger partial charge in [0.25, 0.3) is 0 Å². The molecule has 92 valence electrons. The maximum Gasteiger partial charge on any atom is 0.309 e. The van der Waals surface area contributed by atoms with Crippen LogP contribution in [0.3, 0.4) is 0 Å². The lowest BCUT2D eigenvalue weighted by atomic mass is 9.89. The Labute approximate surface area is 102 Å². The first-order chi connectivity index (χ1) is 8.18. The fraction of sp³-hybridized carbons (Fsp3) is 0.500. The highest BCUT2D eigenvalue weighted by molar-refractivity contribution is 5.72. The standard InChI is InChI=1S/C14H19NO2/c1-10(13-8-15-9-13)14(16)17-11(2)12-6-4-3-5-7-12/h3-7,10-11,13,15H,8-9H2,1-2H3. The molecule has 0 saturated carbocycles. The molecule has 1 fully saturated rings. The second-order valence-corrected chi connectivity index (χ2v) is 4.70. The summed E-state index contributed by atoms with van der Waals surface area (Å²) >= 11 is 0. The van der Waals surface area contributed by atoms with Gasteiger partial charge in [0.2, 0.25) is 0 Å². The number of rotatable bonds is 4. The molecule has 2 unspecified atom stereocenters. The number of nitrogens with one attached hydrogen (secondary N) is 1. The smallest absolute Gasteiger partial charge is 0.309 e. The highest BCUT2D eigenvalue weighted by atomic mass is 16.5. The number of carbonyl (C=O) groups excluding carboxylic acids is 1. The van der Waals surface area contributed by atoms with Crippen LogP contribution >= 0.6 is 0 Å². The van der Waals surface area contributed by atoms with Gasteiger partial charge in [0.05, 0.1) is 5.92 Å². The molecule has 1 aliphatic heterocycles. The van der Waals surface area contributed by atoms with Crippen molar-refractivity contribution in [2.24, 2.45) is 11.8 Å². The second kappa shape index (κ2) is 5.32. The van der Waals surface area contributed by atoms with Crippen molar-refractivity contribution in [2.45, 2.75) is 20.0 Å². The average molecular weight is 233 g/mol. The van der Waals surface area contributed by atoms with Gasteiger partial charge in [-0.05, 0) is 31.5 Å². The van der Waals surface area contributed by atoms with Gasteiger partial charge in [0.15, 0.2) is 0 Å². The van der Waals surface area contributed by atoms with Gasteiger partial charge in [0, 0.05) is 0 Å². The Bertz CT molecular complexity index is 373. The molecule has 1 aliphatic rings. The minimum absolute atomic E-state index is 0.0117. The molecule has 0 amide bonds. The molecule has 3 nitrogen and oxygen atoms in total. The minimum Gasteiger partial charge on any atom is -0.458 e. The van der Waals surface area contributed by atoms with Gasteiger partial charge in [-0.2, -0.15) is 0 Å². The van der Waals surface area contributed by atoms with Crippen LogP contribution in [0.25, 0.3) is 0 Å². The molecular formula is C14H19NO2. The van der Waals surface area contributed by atoms with Gasteiger partial charge < -0.3 is 10.1 Å². The maximum absolute atomic E-state index is 11.9. The summed E-state index contributed by atoms with van der Waals surface area (Å²) in [6.07, 6.45) is -0.167. The van der Waals surface area contributed by atoms with E-state index in [1.54, 1.807) is 0 Å². The van der Waals surface area contributed by atoms with Crippen molar-refractivity contribution in [1.82, 2.24) is 5.32 Å². The zero-order valence-corrected chi connectivity index (χ0v) is 10.3. The van der Waals surface area contributed by atoms with Crippen molar-refractivity contribution >= 4 is 5.97 Å². The van der Waals surface area contributed by atoms with Crippen molar-refractivity contribution < 1.29 is 9.53 Å². The molecule has 0 bridgehead atoms. The number of hydrogen-bond donors (Lipinski definition) is 1. The van der Waals surface area contributed by atoms with E-state index in [0.717, 1.165) is 18.7 Å². The first kappa shape index (κ1) is 12.1. The summed E-state index contributed by atoms with van der Waals surface area (Å²) in [7, 11) is 0. The predicted molar refractivity (Wildman–Crippen MR) is 66.5 cm³/mol. The first-order valence-electron chi connectivity index (χ1n) is 6.14. The van der Waals surface area contributed by atoms with E-state index in [4.69, 9.17) is 4.74 Å². The molecule has 1 saturated heterocycles. The van der Waals surface area contributed by atoms with Crippen LogP contribution in [0.15, 0.2) is 30.3 Å². The van der Waals surface area contributed by atoms with Crippen LogP contribution in [-0.2, 0) is 9.53 Å². The topological polar surface area (TPSA) is 38.3 Å². The van der Waals surface area contributed by atoms with Gasteiger partial charge in [-0.1, -0.05) is 37.3 Å². The van der Waals surface area contributed by atoms with Crippen LogP contribution in [0.5, 0.6) is 0 Å². The third-order valence-electron chi connectivity index (χ3n) is 3.45. The summed E-state index contributed by atoms with van der Waals surface area (Å²) in [5.74, 6) is 0.334. The summed E-state index contributed by atoms with van der Waals surface area (Å²) in [4.78, 5) is 11.9. The molecule has 0 aliphatic carbocycles. The van der Waals surface area contributed by atoms with Gasteiger partial charge in [0.1, 0.15) is 6.10 Å². The van der Waals surface area contributed by atoms with Gasteiger partial charge in [-0.25, -0.2) is 0 Å². The fourth-order valence-corrected chi connectivity index (χ4v) is 1.93. The van der Waals surface area contributed by atoms with Crippen molar-refractivity contribution in [2.75, 3.05) is 13.1 Å². The van der Waals surface area contributed by atoms with Gasteiger partial charge in [-0.15, -0.1) is 0 Å². The molecule has 2 rings (SSSR count). The molecule has 0 radical (unpaired) electrons. The minimum atomic E-state index is -0.167. The highest BCUT2D eigenvalue weighted by Crippen LogP contribution is 2.22. The predicted octanol–water partition coefficient (Wildman–Crippen LogP) is 2.15. The van der Waals surface area contributed by atoms with E-state index >= 15 is 0 Å². The van der Waals surface area contributed by atoms with E-state index in [9.17, 15) is 4.79 Å². The van der Waals surface area contributed by atoms with Crippen molar-refractivity contribution in [1.29, 1.82) is 0 Å². The number of esters is 1. The molecule has 0 aromatic heterocycles. The lowest BCUT2D eigenvalue weighted by Crippen LogP contribution is -2.47. The van der Waals surface area contributed by atoms with E-state index in [0.29, 0.717) is 5.92 Å². The van der Waals surface area contributed by atoms with Crippen LogP contribution in [0, 0.1) is 11.8 Å². The molecule has 1 aromatic rings. The van der Waals surface area contributed by atoms with Gasteiger partial charge >= 0.3 is 5.97 Å². The number of hydrogen-bond acceptors (Lipinski definition) is 3. The fourth-order valence-electron chi connectivity index (χ4n) is 1.93. The van der Waals surface area contributed by atoms with Gasteiger partial charge in [-0.3, -0.25) is 4.79 Å². The van der Waals surface area contributed by atoms with Crippen LogP contribution in [0.1, 0.15) is 25.5 Å². The lowest BCUT2D eigenvalue weighted by molar-refractivity contribution is -0.155. The largest absolute Gasteiger partial charge is 0.458 e. The maximum atomic E-state index is 11.9. The third-order valence-corrected chi connectivity index (χ3v) is 3.45. The normalized spacial score (nSPS) is 19.2. The summed E-state index contributed by atoms with van der Waals surface area (Å²) in [5.41, 5.74) is 1.04. The van der Waals surface area contributed by atoms with Crippen molar-refractivity contribution in [3.05, 3.63) is 35.9 Å². The summed E-state index contributed by atoms with van der Waals surface area (Å²) in [6.45, 7) is 5.72. The van der Waals surface area contributed by atoms with E-state index in [2.05, 4.69) is 5.32 Å². The Morgan fingerprint density at radius 2 is 1.94 bits per heavy atom. The van der Waals surface area contributed by atoms with Crippen LogP contribution in [0.2, 0.25) is 0 Å². The van der Waals surface area contributed by atoms with Crippen LogP contribution in [0.4, 0.5) is 0 Å². The quantitative estimate of drug-likeness (QED) is 0.810. The van der Waals surface area contributed by atoms with Crippen molar-refractivity contribution in [3.63, 3.8) is 0 Å². The summed E-state index contributed by atoms with van der Waals surface area (Å²) in [6, 6.07) is 9.83. The highest BCUT2D eigenvalue weighted by Gasteiger charge is 2.30. The molecule has 2 atom stereocenters. The molecular weight excluding hydrogens is 214 g/mol. The Balaban J connectivity index is 1.89. The molecule has 1 aromatic carbocycles. The Kier molecular flexibility index (Phi) is 3.79. The SMILES string of the molecule is CC(OC(=O)C(C)C1CNC1)c1ccccc1. The van der Waals surface area contributed by atoms with Crippen molar-refractivity contribution in [3.8, 4) is 0 Å². The Hall–Kier alpha value is -1.35. The zero-order chi connectivity index (χ0) is 12.3. The number of carbonyl (C=O) groups is 1. The monoisotopic (exact) mass is 233 g/mol. The number of benzene rings is 1. The Morgan fingerprint density at radius 3 is 2.47 bits per heavy atom. The first-order valence-corrected chi connectivity index (χ1v) is 6.14. The van der Waals surface area contributed by atoms with E-state index in [-0.39, 0.29) is 18.0 Å². The Morgan fingerprint density at radius 1 is 1.29 bits per heavy atom.